The molecule has 1 fully saturated rings. The van der Waals surface area contributed by atoms with Gasteiger partial charge in [-0.3, -0.25) is 0 Å². The molecular weight excluding hydrogens is 250 g/mol. The highest BCUT2D eigenvalue weighted by Crippen LogP contribution is 2.35. The van der Waals surface area contributed by atoms with Crippen molar-refractivity contribution in [1.29, 1.82) is 0 Å². The van der Waals surface area contributed by atoms with E-state index in [-0.39, 0.29) is 10.9 Å². The van der Waals surface area contributed by atoms with E-state index in [9.17, 15) is 8.42 Å². The van der Waals surface area contributed by atoms with Crippen molar-refractivity contribution >= 4 is 15.8 Å². The van der Waals surface area contributed by atoms with Crippen molar-refractivity contribution in [3.05, 3.63) is 18.3 Å². The third-order valence-corrected chi connectivity index (χ3v) is 4.67. The average molecular weight is 269 g/mol. The lowest BCUT2D eigenvalue weighted by Crippen LogP contribution is -2.27. The van der Waals surface area contributed by atoms with Crippen molar-refractivity contribution in [2.24, 2.45) is 5.92 Å². The van der Waals surface area contributed by atoms with E-state index < -0.39 is 10.0 Å². The Labute approximate surface area is 108 Å². The fourth-order valence-corrected chi connectivity index (χ4v) is 3.39. The van der Waals surface area contributed by atoms with Gasteiger partial charge in [0, 0.05) is 25.4 Å². The van der Waals surface area contributed by atoms with Crippen LogP contribution in [0.4, 0.5) is 5.82 Å². The molecule has 2 N–H and O–H groups in total. The summed E-state index contributed by atoms with van der Waals surface area (Å²) >= 11 is 0. The minimum Gasteiger partial charge on any atom is -0.373 e. The Bertz CT molecular complexity index is 516. The molecule has 1 aliphatic rings. The summed E-state index contributed by atoms with van der Waals surface area (Å²) in [5, 5.41) is 2.83. The first-order valence-electron chi connectivity index (χ1n) is 6.23. The van der Waals surface area contributed by atoms with Crippen LogP contribution in [0.1, 0.15) is 26.2 Å². The Morgan fingerprint density at radius 1 is 1.50 bits per heavy atom. The van der Waals surface area contributed by atoms with Gasteiger partial charge < -0.3 is 5.32 Å². The van der Waals surface area contributed by atoms with Crippen LogP contribution in [0.3, 0.4) is 0 Å². The fraction of sp³-hybridized carbons (Fsp3) is 0.583. The molecule has 1 heterocycles. The molecule has 1 aromatic rings. The standard InChI is InChI=1S/C12H19N3O2S/c1-3-4-9-7-11(9)15-18(16,17)10-5-6-14-12(8-10)13-2/h5-6,8-9,11,15H,3-4,7H2,1-2H3,(H,13,14). The Balaban J connectivity index is 2.07. The maximum Gasteiger partial charge on any atom is 0.241 e. The van der Waals surface area contributed by atoms with Gasteiger partial charge in [-0.15, -0.1) is 0 Å². The van der Waals surface area contributed by atoms with Gasteiger partial charge in [-0.05, 0) is 24.8 Å². The fourth-order valence-electron chi connectivity index (χ4n) is 2.06. The molecule has 6 heteroatoms. The molecule has 0 spiro atoms. The van der Waals surface area contributed by atoms with E-state index in [0.29, 0.717) is 11.7 Å². The summed E-state index contributed by atoms with van der Waals surface area (Å²) in [4.78, 5) is 4.27. The molecule has 1 saturated carbocycles. The van der Waals surface area contributed by atoms with Gasteiger partial charge in [-0.2, -0.15) is 0 Å². The van der Waals surface area contributed by atoms with Gasteiger partial charge in [-0.1, -0.05) is 13.3 Å². The highest BCUT2D eigenvalue weighted by Gasteiger charge is 2.39. The smallest absolute Gasteiger partial charge is 0.241 e. The lowest BCUT2D eigenvalue weighted by atomic mass is 10.2. The normalized spacial score (nSPS) is 22.8. The quantitative estimate of drug-likeness (QED) is 0.822. The van der Waals surface area contributed by atoms with Crippen LogP contribution in [0.2, 0.25) is 0 Å². The van der Waals surface area contributed by atoms with Gasteiger partial charge in [0.2, 0.25) is 10.0 Å². The van der Waals surface area contributed by atoms with Crippen molar-refractivity contribution < 1.29 is 8.42 Å². The van der Waals surface area contributed by atoms with Crippen LogP contribution in [-0.2, 0) is 10.0 Å². The van der Waals surface area contributed by atoms with E-state index in [1.165, 1.54) is 12.3 Å². The summed E-state index contributed by atoms with van der Waals surface area (Å²) in [5.41, 5.74) is 0. The van der Waals surface area contributed by atoms with Crippen LogP contribution in [0.5, 0.6) is 0 Å². The number of pyridine rings is 1. The predicted octanol–water partition coefficient (Wildman–Crippen LogP) is 1.59. The maximum atomic E-state index is 12.1. The summed E-state index contributed by atoms with van der Waals surface area (Å²) in [6.45, 7) is 2.12. The number of hydrogen-bond acceptors (Lipinski definition) is 4. The van der Waals surface area contributed by atoms with Crippen molar-refractivity contribution in [2.75, 3.05) is 12.4 Å². The van der Waals surface area contributed by atoms with E-state index in [4.69, 9.17) is 0 Å². The zero-order valence-corrected chi connectivity index (χ0v) is 11.5. The van der Waals surface area contributed by atoms with Crippen molar-refractivity contribution in [3.63, 3.8) is 0 Å². The van der Waals surface area contributed by atoms with E-state index in [1.54, 1.807) is 13.1 Å². The van der Waals surface area contributed by atoms with Crippen LogP contribution in [0.25, 0.3) is 0 Å². The van der Waals surface area contributed by atoms with Crippen molar-refractivity contribution in [3.8, 4) is 0 Å². The second-order valence-corrected chi connectivity index (χ2v) is 6.35. The van der Waals surface area contributed by atoms with E-state index in [1.807, 2.05) is 0 Å². The van der Waals surface area contributed by atoms with Crippen LogP contribution in [-0.4, -0.2) is 26.5 Å². The highest BCUT2D eigenvalue weighted by atomic mass is 32.2. The molecule has 1 aromatic heterocycles. The molecular formula is C12H19N3O2S. The number of nitrogens with zero attached hydrogens (tertiary/aromatic N) is 1. The summed E-state index contributed by atoms with van der Waals surface area (Å²) in [6.07, 6.45) is 4.64. The van der Waals surface area contributed by atoms with Gasteiger partial charge in [0.15, 0.2) is 0 Å². The predicted molar refractivity (Wildman–Crippen MR) is 70.9 cm³/mol. The first-order valence-corrected chi connectivity index (χ1v) is 7.71. The topological polar surface area (TPSA) is 71.1 Å². The molecule has 2 atom stereocenters. The number of aromatic nitrogens is 1. The third kappa shape index (κ3) is 3.00. The molecule has 100 valence electrons. The maximum absolute atomic E-state index is 12.1. The molecule has 0 saturated heterocycles. The van der Waals surface area contributed by atoms with Crippen molar-refractivity contribution in [2.45, 2.75) is 37.1 Å². The first-order chi connectivity index (χ1) is 8.56. The van der Waals surface area contributed by atoms with Crippen LogP contribution in [0.15, 0.2) is 23.2 Å². The second-order valence-electron chi connectivity index (χ2n) is 4.64. The SMILES string of the molecule is CCCC1CC1NS(=O)(=O)c1ccnc(NC)c1. The number of sulfonamides is 1. The number of anilines is 1. The van der Waals surface area contributed by atoms with E-state index >= 15 is 0 Å². The minimum atomic E-state index is -3.41. The molecule has 0 radical (unpaired) electrons. The van der Waals surface area contributed by atoms with Gasteiger partial charge in [-0.25, -0.2) is 18.1 Å². The van der Waals surface area contributed by atoms with Gasteiger partial charge in [0.05, 0.1) is 4.90 Å². The van der Waals surface area contributed by atoms with Crippen molar-refractivity contribution in [1.82, 2.24) is 9.71 Å². The highest BCUT2D eigenvalue weighted by molar-refractivity contribution is 7.89. The molecule has 18 heavy (non-hydrogen) atoms. The summed E-state index contributed by atoms with van der Waals surface area (Å²) in [6, 6.07) is 3.17. The zero-order valence-electron chi connectivity index (χ0n) is 10.7. The third-order valence-electron chi connectivity index (χ3n) is 3.19. The Hall–Kier alpha value is -1.14. The Morgan fingerprint density at radius 2 is 2.28 bits per heavy atom. The van der Waals surface area contributed by atoms with Crippen LogP contribution >= 0.6 is 0 Å². The molecule has 0 bridgehead atoms. The zero-order chi connectivity index (χ0) is 13.2. The number of rotatable bonds is 6. The molecule has 0 amide bonds. The first kappa shape index (κ1) is 13.3. The monoisotopic (exact) mass is 269 g/mol. The van der Waals surface area contributed by atoms with E-state index in [0.717, 1.165) is 19.3 Å². The molecule has 1 aliphatic carbocycles. The minimum absolute atomic E-state index is 0.112. The van der Waals surface area contributed by atoms with Gasteiger partial charge in [0.1, 0.15) is 5.82 Å². The Kier molecular flexibility index (Phi) is 3.87. The van der Waals surface area contributed by atoms with Crippen LogP contribution in [0, 0.1) is 5.92 Å². The molecule has 5 nitrogen and oxygen atoms in total. The largest absolute Gasteiger partial charge is 0.373 e. The molecule has 2 unspecified atom stereocenters. The lowest BCUT2D eigenvalue weighted by molar-refractivity contribution is 0.573. The number of nitrogens with one attached hydrogen (secondary N) is 2. The summed E-state index contributed by atoms with van der Waals surface area (Å²) in [7, 11) is -1.70. The molecule has 2 rings (SSSR count). The molecule has 0 aromatic carbocycles. The second kappa shape index (κ2) is 5.24. The van der Waals surface area contributed by atoms with Gasteiger partial charge >= 0.3 is 0 Å². The average Bonchev–Trinajstić information content (AvgIpc) is 3.07. The lowest BCUT2D eigenvalue weighted by Gasteiger charge is -2.07. The van der Waals surface area contributed by atoms with Crippen LogP contribution < -0.4 is 10.0 Å². The van der Waals surface area contributed by atoms with E-state index in [2.05, 4.69) is 21.9 Å². The summed E-state index contributed by atoms with van der Waals surface area (Å²) in [5.74, 6) is 1.06. The molecule has 0 aliphatic heterocycles. The van der Waals surface area contributed by atoms with Gasteiger partial charge in [0.25, 0.3) is 0 Å². The number of hydrogen-bond donors (Lipinski definition) is 2. The summed E-state index contributed by atoms with van der Waals surface area (Å²) < 4.78 is 27.0. The Morgan fingerprint density at radius 3 is 2.94 bits per heavy atom.